The number of hydrogen-bond acceptors (Lipinski definition) is 4. The van der Waals surface area contributed by atoms with Gasteiger partial charge in [-0.05, 0) is 55.8 Å². The number of piperidine rings is 1. The van der Waals surface area contributed by atoms with Gasteiger partial charge in [0.25, 0.3) is 0 Å². The number of carbonyl (C=O) groups is 1. The lowest BCUT2D eigenvalue weighted by Gasteiger charge is -2.32. The van der Waals surface area contributed by atoms with Crippen LogP contribution in [0.4, 0.5) is 0 Å². The Kier molecular flexibility index (Phi) is 5.89. The smallest absolute Gasteiger partial charge is 0.236 e. The molecule has 0 saturated carbocycles. The summed E-state index contributed by atoms with van der Waals surface area (Å²) in [6.45, 7) is 2.36. The van der Waals surface area contributed by atoms with E-state index in [0.29, 0.717) is 12.5 Å². The third-order valence-electron chi connectivity index (χ3n) is 4.94. The number of methoxy groups -OCH3 is 1. The lowest BCUT2D eigenvalue weighted by atomic mass is 9.94. The van der Waals surface area contributed by atoms with Crippen LogP contribution in [0.5, 0.6) is 5.75 Å². The van der Waals surface area contributed by atoms with Crippen molar-refractivity contribution in [2.24, 2.45) is 0 Å². The van der Waals surface area contributed by atoms with Crippen LogP contribution in [0.2, 0.25) is 0 Å². The first kappa shape index (κ1) is 18.4. The summed E-state index contributed by atoms with van der Waals surface area (Å²) >= 11 is 0. The van der Waals surface area contributed by atoms with Crippen LogP contribution in [0.15, 0.2) is 42.5 Å². The minimum Gasteiger partial charge on any atom is -0.497 e. The number of pyridine rings is 1. The number of ether oxygens (including phenoxy) is 1. The highest BCUT2D eigenvalue weighted by Gasteiger charge is 2.24. The van der Waals surface area contributed by atoms with E-state index in [-0.39, 0.29) is 5.91 Å². The normalized spacial score (nSPS) is 17.7. The largest absolute Gasteiger partial charge is 0.497 e. The van der Waals surface area contributed by atoms with Gasteiger partial charge in [0.1, 0.15) is 5.75 Å². The molecule has 1 aliphatic heterocycles. The van der Waals surface area contributed by atoms with Crippen LogP contribution in [0.1, 0.15) is 24.5 Å². The summed E-state index contributed by atoms with van der Waals surface area (Å²) in [4.78, 5) is 20.8. The van der Waals surface area contributed by atoms with Crippen molar-refractivity contribution in [2.75, 3.05) is 40.8 Å². The van der Waals surface area contributed by atoms with Gasteiger partial charge in [-0.15, -0.1) is 0 Å². The van der Waals surface area contributed by atoms with Crippen LogP contribution in [0.25, 0.3) is 11.3 Å². The minimum atomic E-state index is 0.158. The fourth-order valence-electron chi connectivity index (χ4n) is 3.37. The summed E-state index contributed by atoms with van der Waals surface area (Å²) < 4.78 is 5.23. The molecule has 0 radical (unpaired) electrons. The third-order valence-corrected chi connectivity index (χ3v) is 4.94. The highest BCUT2D eigenvalue weighted by molar-refractivity contribution is 5.77. The molecule has 1 saturated heterocycles. The molecule has 2 heterocycles. The maximum absolute atomic E-state index is 12.0. The quantitative estimate of drug-likeness (QED) is 0.829. The number of carbonyl (C=O) groups excluding carboxylic acids is 1. The number of rotatable bonds is 5. The summed E-state index contributed by atoms with van der Waals surface area (Å²) in [5.41, 5.74) is 3.18. The lowest BCUT2D eigenvalue weighted by Crippen LogP contribution is -2.41. The Balaban J connectivity index is 1.73. The van der Waals surface area contributed by atoms with Crippen molar-refractivity contribution in [1.82, 2.24) is 14.8 Å². The van der Waals surface area contributed by atoms with E-state index in [9.17, 15) is 4.79 Å². The zero-order valence-electron chi connectivity index (χ0n) is 15.8. The lowest BCUT2D eigenvalue weighted by molar-refractivity contribution is -0.130. The van der Waals surface area contributed by atoms with Gasteiger partial charge in [-0.2, -0.15) is 0 Å². The van der Waals surface area contributed by atoms with Gasteiger partial charge in [-0.3, -0.25) is 14.7 Å². The average Bonchev–Trinajstić information content (AvgIpc) is 2.68. The van der Waals surface area contributed by atoms with Gasteiger partial charge in [0, 0.05) is 37.8 Å². The van der Waals surface area contributed by atoms with E-state index < -0.39 is 0 Å². The second-order valence-electron chi connectivity index (χ2n) is 7.04. The number of likely N-dealkylation sites (N-methyl/N-ethyl adjacent to an activating group) is 1. The zero-order chi connectivity index (χ0) is 18.5. The molecule has 0 aliphatic carbocycles. The fourth-order valence-corrected chi connectivity index (χ4v) is 3.37. The molecule has 0 bridgehead atoms. The van der Waals surface area contributed by atoms with Crippen molar-refractivity contribution in [3.05, 3.63) is 48.2 Å². The number of hydrogen-bond donors (Lipinski definition) is 0. The van der Waals surface area contributed by atoms with Crippen molar-refractivity contribution < 1.29 is 9.53 Å². The summed E-state index contributed by atoms with van der Waals surface area (Å²) in [5, 5.41) is 0. The predicted molar refractivity (Wildman–Crippen MR) is 103 cm³/mol. The van der Waals surface area contributed by atoms with Crippen molar-refractivity contribution >= 4 is 5.91 Å². The predicted octanol–water partition coefficient (Wildman–Crippen LogP) is 3.02. The van der Waals surface area contributed by atoms with E-state index in [0.717, 1.165) is 48.6 Å². The van der Waals surface area contributed by atoms with Crippen molar-refractivity contribution in [2.45, 2.75) is 18.8 Å². The Labute approximate surface area is 155 Å². The molecule has 1 aromatic carbocycles. The topological polar surface area (TPSA) is 45.7 Å². The maximum atomic E-state index is 12.0. The molecule has 0 spiro atoms. The number of benzene rings is 1. The standard InChI is InChI=1S/C21H27N3O2/c1-23(2)21(25)15-24-13-5-6-17(14-24)20-8-4-7-19(22-20)16-9-11-18(26-3)12-10-16/h4,7-12,17H,5-6,13-15H2,1-3H3/t17-/m0/s1. The second kappa shape index (κ2) is 8.32. The van der Waals surface area contributed by atoms with Gasteiger partial charge in [0.15, 0.2) is 0 Å². The van der Waals surface area contributed by atoms with Gasteiger partial charge >= 0.3 is 0 Å². The number of nitrogens with zero attached hydrogens (tertiary/aromatic N) is 3. The van der Waals surface area contributed by atoms with E-state index in [1.54, 1.807) is 12.0 Å². The first-order valence-electron chi connectivity index (χ1n) is 9.10. The number of aromatic nitrogens is 1. The monoisotopic (exact) mass is 353 g/mol. The molecular formula is C21H27N3O2. The van der Waals surface area contributed by atoms with Crippen LogP contribution < -0.4 is 4.74 Å². The van der Waals surface area contributed by atoms with Crippen LogP contribution >= 0.6 is 0 Å². The van der Waals surface area contributed by atoms with Gasteiger partial charge < -0.3 is 9.64 Å². The number of amides is 1. The fraction of sp³-hybridized carbons (Fsp3) is 0.429. The molecule has 5 nitrogen and oxygen atoms in total. The highest BCUT2D eigenvalue weighted by Crippen LogP contribution is 2.28. The molecule has 1 fully saturated rings. The third kappa shape index (κ3) is 4.41. The zero-order valence-corrected chi connectivity index (χ0v) is 15.8. The van der Waals surface area contributed by atoms with E-state index in [4.69, 9.17) is 9.72 Å². The first-order chi connectivity index (χ1) is 12.6. The summed E-state index contributed by atoms with van der Waals surface area (Å²) in [5.74, 6) is 1.38. The van der Waals surface area contributed by atoms with Crippen molar-refractivity contribution in [3.63, 3.8) is 0 Å². The van der Waals surface area contributed by atoms with E-state index in [2.05, 4.69) is 17.0 Å². The van der Waals surface area contributed by atoms with Crippen LogP contribution in [0, 0.1) is 0 Å². The van der Waals surface area contributed by atoms with Gasteiger partial charge in [-0.1, -0.05) is 6.07 Å². The Bertz CT molecular complexity index is 743. The molecular weight excluding hydrogens is 326 g/mol. The van der Waals surface area contributed by atoms with Crippen LogP contribution in [-0.4, -0.2) is 61.5 Å². The molecule has 5 heteroatoms. The summed E-state index contributed by atoms with van der Waals surface area (Å²) in [6.07, 6.45) is 2.21. The average molecular weight is 353 g/mol. The molecule has 138 valence electrons. The SMILES string of the molecule is COc1ccc(-c2cccc([C@H]3CCCN(CC(=O)N(C)C)C3)n2)cc1. The van der Waals surface area contributed by atoms with Crippen molar-refractivity contribution in [3.8, 4) is 17.0 Å². The van der Waals surface area contributed by atoms with Gasteiger partial charge in [0.2, 0.25) is 5.91 Å². The van der Waals surface area contributed by atoms with E-state index >= 15 is 0 Å². The summed E-state index contributed by atoms with van der Waals surface area (Å²) in [7, 11) is 5.29. The minimum absolute atomic E-state index is 0.158. The molecule has 1 amide bonds. The molecule has 3 rings (SSSR count). The Morgan fingerprint density at radius 2 is 2.00 bits per heavy atom. The van der Waals surface area contributed by atoms with Crippen LogP contribution in [0.3, 0.4) is 0 Å². The van der Waals surface area contributed by atoms with Gasteiger partial charge in [-0.25, -0.2) is 0 Å². The summed E-state index contributed by atoms with van der Waals surface area (Å²) in [6, 6.07) is 14.2. The number of likely N-dealkylation sites (tertiary alicyclic amines) is 1. The Morgan fingerprint density at radius 3 is 2.69 bits per heavy atom. The molecule has 2 aromatic rings. The van der Waals surface area contributed by atoms with Crippen molar-refractivity contribution in [1.29, 1.82) is 0 Å². The van der Waals surface area contributed by atoms with Gasteiger partial charge in [0.05, 0.1) is 19.3 Å². The molecule has 0 N–H and O–H groups in total. The van der Waals surface area contributed by atoms with Crippen LogP contribution in [-0.2, 0) is 4.79 Å². The Morgan fingerprint density at radius 1 is 1.23 bits per heavy atom. The molecule has 1 aliphatic rings. The second-order valence-corrected chi connectivity index (χ2v) is 7.04. The van der Waals surface area contributed by atoms with E-state index in [1.807, 2.05) is 44.4 Å². The maximum Gasteiger partial charge on any atom is 0.236 e. The highest BCUT2D eigenvalue weighted by atomic mass is 16.5. The molecule has 1 atom stereocenters. The first-order valence-corrected chi connectivity index (χ1v) is 9.10. The molecule has 1 aromatic heterocycles. The molecule has 26 heavy (non-hydrogen) atoms. The van der Waals surface area contributed by atoms with E-state index in [1.165, 1.54) is 0 Å². The Hall–Kier alpha value is -2.40. The molecule has 0 unspecified atom stereocenters.